The third kappa shape index (κ3) is 3.10. The third-order valence-electron chi connectivity index (χ3n) is 5.52. The quantitative estimate of drug-likeness (QED) is 0.802. The molecule has 1 spiro atoms. The SMILES string of the molecule is Cc1cc(C(=O)N2CC[C@@]3(C2)CN(c2cccc(F)c2)C(=O)CN3C)no1. The topological polar surface area (TPSA) is 69.9 Å². The maximum atomic E-state index is 13.6. The summed E-state index contributed by atoms with van der Waals surface area (Å²) in [5.74, 6) is -0.0419. The van der Waals surface area contributed by atoms with Crippen molar-refractivity contribution in [2.24, 2.45) is 0 Å². The van der Waals surface area contributed by atoms with E-state index in [0.717, 1.165) is 6.42 Å². The zero-order chi connectivity index (χ0) is 19.2. The molecule has 2 aliphatic rings. The molecule has 0 aliphatic carbocycles. The first-order valence-electron chi connectivity index (χ1n) is 8.88. The molecule has 0 saturated carbocycles. The first-order chi connectivity index (χ1) is 12.9. The van der Waals surface area contributed by atoms with E-state index in [-0.39, 0.29) is 29.7 Å². The maximum Gasteiger partial charge on any atom is 0.276 e. The van der Waals surface area contributed by atoms with E-state index in [1.54, 1.807) is 34.9 Å². The predicted molar refractivity (Wildman–Crippen MR) is 95.9 cm³/mol. The average molecular weight is 372 g/mol. The van der Waals surface area contributed by atoms with Crippen molar-refractivity contribution in [3.8, 4) is 0 Å². The summed E-state index contributed by atoms with van der Waals surface area (Å²) in [6, 6.07) is 7.68. The number of nitrogens with zero attached hydrogens (tertiary/aromatic N) is 4. The molecular weight excluding hydrogens is 351 g/mol. The zero-order valence-corrected chi connectivity index (χ0v) is 15.3. The second-order valence-electron chi connectivity index (χ2n) is 7.34. The Kier molecular flexibility index (Phi) is 4.22. The number of piperazine rings is 1. The highest BCUT2D eigenvalue weighted by Gasteiger charge is 2.49. The Hall–Kier alpha value is -2.74. The first-order valence-corrected chi connectivity index (χ1v) is 8.88. The molecule has 1 atom stereocenters. The molecule has 2 saturated heterocycles. The minimum atomic E-state index is -0.377. The molecule has 2 aromatic rings. The summed E-state index contributed by atoms with van der Waals surface area (Å²) in [6.07, 6.45) is 0.727. The molecule has 142 valence electrons. The Morgan fingerprint density at radius 2 is 2.11 bits per heavy atom. The summed E-state index contributed by atoms with van der Waals surface area (Å²) in [6.45, 7) is 3.43. The van der Waals surface area contributed by atoms with Gasteiger partial charge < -0.3 is 14.3 Å². The minimum Gasteiger partial charge on any atom is -0.361 e. The second kappa shape index (κ2) is 6.45. The zero-order valence-electron chi connectivity index (χ0n) is 15.3. The number of halogens is 1. The number of hydrogen-bond donors (Lipinski definition) is 0. The molecule has 2 amide bonds. The van der Waals surface area contributed by atoms with Gasteiger partial charge in [0.05, 0.1) is 12.1 Å². The van der Waals surface area contributed by atoms with Crippen LogP contribution in [0.1, 0.15) is 22.7 Å². The van der Waals surface area contributed by atoms with Gasteiger partial charge in [0, 0.05) is 31.4 Å². The molecule has 0 N–H and O–H groups in total. The Bertz CT molecular complexity index is 899. The highest BCUT2D eigenvalue weighted by atomic mass is 19.1. The molecule has 2 fully saturated rings. The molecule has 0 unspecified atom stereocenters. The molecule has 7 nitrogen and oxygen atoms in total. The molecule has 2 aliphatic heterocycles. The summed E-state index contributed by atoms with van der Waals surface area (Å²) >= 11 is 0. The van der Waals surface area contributed by atoms with Crippen LogP contribution in [0.3, 0.4) is 0 Å². The molecule has 27 heavy (non-hydrogen) atoms. The number of hydrogen-bond acceptors (Lipinski definition) is 5. The highest BCUT2D eigenvalue weighted by molar-refractivity contribution is 5.96. The highest BCUT2D eigenvalue weighted by Crippen LogP contribution is 2.34. The Morgan fingerprint density at radius 3 is 2.81 bits per heavy atom. The van der Waals surface area contributed by atoms with Crippen molar-refractivity contribution in [3.05, 3.63) is 47.6 Å². The van der Waals surface area contributed by atoms with Gasteiger partial charge in [0.25, 0.3) is 5.91 Å². The Morgan fingerprint density at radius 1 is 1.30 bits per heavy atom. The fourth-order valence-electron chi connectivity index (χ4n) is 3.94. The number of benzene rings is 1. The molecule has 1 aromatic carbocycles. The van der Waals surface area contributed by atoms with Crippen LogP contribution in [0.4, 0.5) is 10.1 Å². The first kappa shape index (κ1) is 17.7. The van der Waals surface area contributed by atoms with Gasteiger partial charge in [-0.25, -0.2) is 4.39 Å². The molecule has 4 rings (SSSR count). The summed E-state index contributed by atoms with van der Waals surface area (Å²) in [5, 5.41) is 3.81. The summed E-state index contributed by atoms with van der Waals surface area (Å²) < 4.78 is 18.6. The van der Waals surface area contributed by atoms with Gasteiger partial charge >= 0.3 is 0 Å². The monoisotopic (exact) mass is 372 g/mol. The van der Waals surface area contributed by atoms with Crippen LogP contribution in [0.2, 0.25) is 0 Å². The van der Waals surface area contributed by atoms with E-state index in [0.29, 0.717) is 36.8 Å². The van der Waals surface area contributed by atoms with Gasteiger partial charge in [-0.3, -0.25) is 14.5 Å². The van der Waals surface area contributed by atoms with Gasteiger partial charge in [-0.15, -0.1) is 0 Å². The van der Waals surface area contributed by atoms with E-state index < -0.39 is 0 Å². The second-order valence-corrected chi connectivity index (χ2v) is 7.34. The summed E-state index contributed by atoms with van der Waals surface area (Å²) in [7, 11) is 1.90. The summed E-state index contributed by atoms with van der Waals surface area (Å²) in [5.41, 5.74) is 0.472. The van der Waals surface area contributed by atoms with Gasteiger partial charge in [0.2, 0.25) is 5.91 Å². The molecule has 0 bridgehead atoms. The molecule has 1 aromatic heterocycles. The molecular formula is C19H21FN4O3. The number of rotatable bonds is 2. The number of likely N-dealkylation sites (tertiary alicyclic amines) is 1. The molecule has 8 heteroatoms. The predicted octanol–water partition coefficient (Wildman–Crippen LogP) is 1.69. The number of carbonyl (C=O) groups is 2. The maximum absolute atomic E-state index is 13.6. The van der Waals surface area contributed by atoms with E-state index in [1.165, 1.54) is 12.1 Å². The van der Waals surface area contributed by atoms with Crippen LogP contribution in [0.15, 0.2) is 34.9 Å². The van der Waals surface area contributed by atoms with Crippen molar-refractivity contribution in [1.82, 2.24) is 15.0 Å². The van der Waals surface area contributed by atoms with Crippen LogP contribution in [-0.4, -0.2) is 65.5 Å². The van der Waals surface area contributed by atoms with E-state index in [2.05, 4.69) is 5.16 Å². The number of carbonyl (C=O) groups excluding carboxylic acids is 2. The molecule has 3 heterocycles. The van der Waals surface area contributed by atoms with Crippen LogP contribution >= 0.6 is 0 Å². The smallest absolute Gasteiger partial charge is 0.276 e. The standard InChI is InChI=1S/C19H21FN4O3/c1-13-8-16(21-27-13)18(26)23-7-6-19(11-23)12-24(17(25)10-22(19)2)15-5-3-4-14(20)9-15/h3-5,8-9H,6-7,10-12H2,1-2H3/t19-/m1/s1. The Labute approximate surface area is 156 Å². The Balaban J connectivity index is 1.57. The number of aryl methyl sites for hydroxylation is 1. The lowest BCUT2D eigenvalue weighted by atomic mass is 9.92. The van der Waals surface area contributed by atoms with E-state index in [4.69, 9.17) is 4.52 Å². The van der Waals surface area contributed by atoms with Crippen molar-refractivity contribution in [2.45, 2.75) is 18.9 Å². The average Bonchev–Trinajstić information content (AvgIpc) is 3.25. The number of amides is 2. The lowest BCUT2D eigenvalue weighted by Gasteiger charge is -2.46. The number of likely N-dealkylation sites (N-methyl/N-ethyl adjacent to an activating group) is 1. The van der Waals surface area contributed by atoms with Crippen LogP contribution in [0, 0.1) is 12.7 Å². The van der Waals surface area contributed by atoms with Gasteiger partial charge in [0.1, 0.15) is 11.6 Å². The van der Waals surface area contributed by atoms with Crippen molar-refractivity contribution < 1.29 is 18.5 Å². The van der Waals surface area contributed by atoms with Crippen LogP contribution in [-0.2, 0) is 4.79 Å². The molecule has 0 radical (unpaired) electrons. The van der Waals surface area contributed by atoms with Crippen LogP contribution < -0.4 is 4.90 Å². The normalized spacial score (nSPS) is 23.4. The van der Waals surface area contributed by atoms with Crippen molar-refractivity contribution in [3.63, 3.8) is 0 Å². The van der Waals surface area contributed by atoms with E-state index in [1.807, 2.05) is 11.9 Å². The van der Waals surface area contributed by atoms with E-state index in [9.17, 15) is 14.0 Å². The fourth-order valence-corrected chi connectivity index (χ4v) is 3.94. The van der Waals surface area contributed by atoms with Gasteiger partial charge in [0.15, 0.2) is 5.69 Å². The van der Waals surface area contributed by atoms with Crippen LogP contribution in [0.5, 0.6) is 0 Å². The lowest BCUT2D eigenvalue weighted by Crippen LogP contribution is -2.64. The van der Waals surface area contributed by atoms with Gasteiger partial charge in [-0.05, 0) is 38.6 Å². The summed E-state index contributed by atoms with van der Waals surface area (Å²) in [4.78, 5) is 30.6. The van der Waals surface area contributed by atoms with Crippen molar-refractivity contribution in [2.75, 3.05) is 38.1 Å². The van der Waals surface area contributed by atoms with Crippen molar-refractivity contribution in [1.29, 1.82) is 0 Å². The number of anilines is 1. The van der Waals surface area contributed by atoms with Crippen molar-refractivity contribution >= 4 is 17.5 Å². The van der Waals surface area contributed by atoms with Gasteiger partial charge in [-0.1, -0.05) is 11.2 Å². The van der Waals surface area contributed by atoms with Gasteiger partial charge in [-0.2, -0.15) is 0 Å². The number of aromatic nitrogens is 1. The third-order valence-corrected chi connectivity index (χ3v) is 5.52. The lowest BCUT2D eigenvalue weighted by molar-refractivity contribution is -0.123. The fraction of sp³-hybridized carbons (Fsp3) is 0.421. The largest absolute Gasteiger partial charge is 0.361 e. The van der Waals surface area contributed by atoms with Crippen LogP contribution in [0.25, 0.3) is 0 Å². The minimum absolute atomic E-state index is 0.0781. The van der Waals surface area contributed by atoms with E-state index >= 15 is 0 Å².